The van der Waals surface area contributed by atoms with Gasteiger partial charge in [-0.2, -0.15) is 0 Å². The highest BCUT2D eigenvalue weighted by Crippen LogP contribution is 2.19. The van der Waals surface area contributed by atoms with Gasteiger partial charge in [-0.3, -0.25) is 4.79 Å². The molecule has 0 aliphatic carbocycles. The van der Waals surface area contributed by atoms with Crippen LogP contribution < -0.4 is 10.1 Å². The fourth-order valence-electron chi connectivity index (χ4n) is 2.06. The van der Waals surface area contributed by atoms with E-state index in [1.807, 2.05) is 45.0 Å². The van der Waals surface area contributed by atoms with Crippen LogP contribution in [0.2, 0.25) is 0 Å². The highest BCUT2D eigenvalue weighted by molar-refractivity contribution is 7.11. The maximum atomic E-state index is 12.0. The first-order valence-corrected chi connectivity index (χ1v) is 7.85. The third-order valence-corrected chi connectivity index (χ3v) is 4.16. The van der Waals surface area contributed by atoms with Crippen LogP contribution in [0.4, 0.5) is 5.69 Å². The Morgan fingerprint density at radius 3 is 2.57 bits per heavy atom. The number of rotatable bonds is 6. The highest BCUT2D eigenvalue weighted by atomic mass is 32.1. The van der Waals surface area contributed by atoms with Crippen LogP contribution in [0.1, 0.15) is 28.9 Å². The smallest absolute Gasteiger partial charge is 0.224 e. The van der Waals surface area contributed by atoms with Crippen molar-refractivity contribution in [2.24, 2.45) is 0 Å². The topological polar surface area (TPSA) is 51.2 Å². The van der Waals surface area contributed by atoms with Gasteiger partial charge in [0.05, 0.1) is 17.3 Å². The van der Waals surface area contributed by atoms with Crippen molar-refractivity contribution >= 4 is 22.9 Å². The zero-order valence-electron chi connectivity index (χ0n) is 12.6. The van der Waals surface area contributed by atoms with Gasteiger partial charge in [0.2, 0.25) is 5.91 Å². The van der Waals surface area contributed by atoms with Crippen LogP contribution in [-0.2, 0) is 11.2 Å². The fraction of sp³-hybridized carbons (Fsp3) is 0.375. The third-order valence-electron chi connectivity index (χ3n) is 3.03. The molecule has 0 spiro atoms. The largest absolute Gasteiger partial charge is 0.494 e. The molecule has 0 aliphatic rings. The van der Waals surface area contributed by atoms with Gasteiger partial charge >= 0.3 is 0 Å². The third kappa shape index (κ3) is 4.56. The number of benzene rings is 1. The molecule has 0 radical (unpaired) electrons. The molecule has 112 valence electrons. The van der Waals surface area contributed by atoms with Crippen LogP contribution in [-0.4, -0.2) is 17.5 Å². The number of nitrogens with zero attached hydrogens (tertiary/aromatic N) is 1. The number of thiazole rings is 1. The first-order chi connectivity index (χ1) is 10.1. The molecule has 0 saturated heterocycles. The molecule has 0 saturated carbocycles. The molecule has 2 rings (SSSR count). The van der Waals surface area contributed by atoms with Crippen molar-refractivity contribution in [1.82, 2.24) is 4.98 Å². The number of amides is 1. The van der Waals surface area contributed by atoms with Gasteiger partial charge in [-0.25, -0.2) is 4.98 Å². The second-order valence-electron chi connectivity index (χ2n) is 4.75. The van der Waals surface area contributed by atoms with Crippen LogP contribution in [0, 0.1) is 13.8 Å². The number of anilines is 1. The Morgan fingerprint density at radius 2 is 2.00 bits per heavy atom. The normalized spacial score (nSPS) is 10.4. The van der Waals surface area contributed by atoms with E-state index in [1.165, 1.54) is 4.88 Å². The van der Waals surface area contributed by atoms with E-state index in [-0.39, 0.29) is 5.91 Å². The zero-order chi connectivity index (χ0) is 15.2. The van der Waals surface area contributed by atoms with E-state index < -0.39 is 0 Å². The fourth-order valence-corrected chi connectivity index (χ4v) is 2.99. The molecule has 5 heteroatoms. The number of aromatic nitrogens is 1. The molecule has 2 aromatic rings. The Kier molecular flexibility index (Phi) is 5.33. The van der Waals surface area contributed by atoms with Gasteiger partial charge in [0.25, 0.3) is 0 Å². The van der Waals surface area contributed by atoms with Crippen molar-refractivity contribution in [3.63, 3.8) is 0 Å². The maximum Gasteiger partial charge on any atom is 0.224 e. The quantitative estimate of drug-likeness (QED) is 0.884. The molecule has 1 heterocycles. The van der Waals surface area contributed by atoms with Crippen LogP contribution in [0.15, 0.2) is 24.3 Å². The summed E-state index contributed by atoms with van der Waals surface area (Å²) >= 11 is 1.66. The minimum absolute atomic E-state index is 0.0182. The first kappa shape index (κ1) is 15.5. The number of hydrogen-bond acceptors (Lipinski definition) is 4. The predicted octanol–water partition coefficient (Wildman–Crippen LogP) is 3.73. The van der Waals surface area contributed by atoms with E-state index in [1.54, 1.807) is 11.3 Å². The average molecular weight is 304 g/mol. The molecule has 0 unspecified atom stereocenters. The number of hydrogen-bond donors (Lipinski definition) is 1. The number of carbonyl (C=O) groups excluding carboxylic acids is 1. The molecule has 0 bridgehead atoms. The Morgan fingerprint density at radius 1 is 1.29 bits per heavy atom. The lowest BCUT2D eigenvalue weighted by atomic mass is 10.2. The Labute approximate surface area is 129 Å². The molecule has 4 nitrogen and oxygen atoms in total. The molecule has 1 amide bonds. The molecule has 1 aromatic carbocycles. The second-order valence-corrected chi connectivity index (χ2v) is 6.03. The summed E-state index contributed by atoms with van der Waals surface area (Å²) in [4.78, 5) is 17.5. The Bertz CT molecular complexity index is 605. The SMILES string of the molecule is CCOc1ccc(NC(=O)CCc2sc(C)nc2C)cc1. The van der Waals surface area contributed by atoms with Gasteiger partial charge in [-0.1, -0.05) is 0 Å². The van der Waals surface area contributed by atoms with E-state index in [4.69, 9.17) is 4.74 Å². The molecule has 0 fully saturated rings. The average Bonchev–Trinajstić information content (AvgIpc) is 2.77. The summed E-state index contributed by atoms with van der Waals surface area (Å²) < 4.78 is 5.37. The minimum Gasteiger partial charge on any atom is -0.494 e. The summed E-state index contributed by atoms with van der Waals surface area (Å²) in [6.07, 6.45) is 1.20. The van der Waals surface area contributed by atoms with Gasteiger partial charge < -0.3 is 10.1 Å². The summed E-state index contributed by atoms with van der Waals surface area (Å²) in [5.41, 5.74) is 1.83. The van der Waals surface area contributed by atoms with Gasteiger partial charge in [0, 0.05) is 17.0 Å². The van der Waals surface area contributed by atoms with Gasteiger partial charge in [0.1, 0.15) is 5.75 Å². The van der Waals surface area contributed by atoms with Crippen molar-refractivity contribution in [3.05, 3.63) is 39.8 Å². The Hall–Kier alpha value is -1.88. The van der Waals surface area contributed by atoms with Crippen molar-refractivity contribution in [2.45, 2.75) is 33.6 Å². The maximum absolute atomic E-state index is 12.0. The van der Waals surface area contributed by atoms with E-state index in [9.17, 15) is 4.79 Å². The van der Waals surface area contributed by atoms with Crippen LogP contribution in [0.25, 0.3) is 0 Å². The summed E-state index contributed by atoms with van der Waals surface area (Å²) in [6.45, 7) is 6.56. The van der Waals surface area contributed by atoms with Crippen LogP contribution in [0.5, 0.6) is 5.75 Å². The monoisotopic (exact) mass is 304 g/mol. The lowest BCUT2D eigenvalue weighted by Gasteiger charge is -2.07. The number of aryl methyl sites for hydroxylation is 3. The van der Waals surface area contributed by atoms with Gasteiger partial charge in [0.15, 0.2) is 0 Å². The van der Waals surface area contributed by atoms with Crippen molar-refractivity contribution in [2.75, 3.05) is 11.9 Å². The van der Waals surface area contributed by atoms with Gasteiger partial charge in [-0.05, 0) is 51.5 Å². The first-order valence-electron chi connectivity index (χ1n) is 7.04. The van der Waals surface area contributed by atoms with E-state index in [0.717, 1.165) is 28.6 Å². The predicted molar refractivity (Wildman–Crippen MR) is 86.1 cm³/mol. The lowest BCUT2D eigenvalue weighted by Crippen LogP contribution is -2.12. The van der Waals surface area contributed by atoms with E-state index in [0.29, 0.717) is 13.0 Å². The highest BCUT2D eigenvalue weighted by Gasteiger charge is 2.08. The lowest BCUT2D eigenvalue weighted by molar-refractivity contribution is -0.116. The number of ether oxygens (including phenoxy) is 1. The molecule has 0 atom stereocenters. The second kappa shape index (κ2) is 7.22. The number of carbonyl (C=O) groups is 1. The Balaban J connectivity index is 1.85. The zero-order valence-corrected chi connectivity index (χ0v) is 13.4. The summed E-state index contributed by atoms with van der Waals surface area (Å²) in [6, 6.07) is 7.42. The van der Waals surface area contributed by atoms with Crippen molar-refractivity contribution in [3.8, 4) is 5.75 Å². The van der Waals surface area contributed by atoms with E-state index in [2.05, 4.69) is 10.3 Å². The summed E-state index contributed by atoms with van der Waals surface area (Å²) in [5, 5.41) is 3.95. The minimum atomic E-state index is 0.0182. The molecular formula is C16H20N2O2S. The summed E-state index contributed by atoms with van der Waals surface area (Å²) in [5.74, 6) is 0.830. The molecule has 1 N–H and O–H groups in total. The standard InChI is InChI=1S/C16H20N2O2S/c1-4-20-14-7-5-13(6-8-14)18-16(19)10-9-15-11(2)17-12(3)21-15/h5-8H,4,9-10H2,1-3H3,(H,18,19). The van der Waals surface area contributed by atoms with Crippen molar-refractivity contribution in [1.29, 1.82) is 0 Å². The van der Waals surface area contributed by atoms with Crippen molar-refractivity contribution < 1.29 is 9.53 Å². The van der Waals surface area contributed by atoms with Gasteiger partial charge in [-0.15, -0.1) is 11.3 Å². The van der Waals surface area contributed by atoms with E-state index >= 15 is 0 Å². The number of nitrogens with one attached hydrogen (secondary N) is 1. The van der Waals surface area contributed by atoms with Crippen LogP contribution in [0.3, 0.4) is 0 Å². The molecular weight excluding hydrogens is 284 g/mol. The summed E-state index contributed by atoms with van der Waals surface area (Å²) in [7, 11) is 0. The molecule has 0 aliphatic heterocycles. The molecule has 21 heavy (non-hydrogen) atoms. The molecule has 1 aromatic heterocycles. The van der Waals surface area contributed by atoms with Crippen LogP contribution >= 0.6 is 11.3 Å².